The van der Waals surface area contributed by atoms with Crippen LogP contribution in [0.3, 0.4) is 0 Å². The summed E-state index contributed by atoms with van der Waals surface area (Å²) in [4.78, 5) is 2.54. The van der Waals surface area contributed by atoms with Gasteiger partial charge in [0.2, 0.25) is 0 Å². The molecule has 0 radical (unpaired) electrons. The fourth-order valence-electron chi connectivity index (χ4n) is 3.78. The summed E-state index contributed by atoms with van der Waals surface area (Å²) in [6.45, 7) is 3.79. The van der Waals surface area contributed by atoms with Crippen LogP contribution in [-0.4, -0.2) is 51.2 Å². The molecule has 22 heavy (non-hydrogen) atoms. The van der Waals surface area contributed by atoms with Crippen LogP contribution < -0.4 is 0 Å². The summed E-state index contributed by atoms with van der Waals surface area (Å²) >= 11 is 0. The predicted octanol–water partition coefficient (Wildman–Crippen LogP) is 1.75. The zero-order chi connectivity index (χ0) is 14.9. The van der Waals surface area contributed by atoms with Gasteiger partial charge in [0.1, 0.15) is 5.69 Å². The van der Waals surface area contributed by atoms with Gasteiger partial charge in [0.25, 0.3) is 0 Å². The largest absolute Gasteiger partial charge is 0.396 e. The van der Waals surface area contributed by atoms with Gasteiger partial charge in [0, 0.05) is 18.7 Å². The van der Waals surface area contributed by atoms with E-state index in [0.717, 1.165) is 29.3 Å². The first-order chi connectivity index (χ1) is 10.8. The zero-order valence-electron chi connectivity index (χ0n) is 12.7. The smallest absolute Gasteiger partial charge is 0.113 e. The summed E-state index contributed by atoms with van der Waals surface area (Å²) < 4.78 is 2.08. The minimum absolute atomic E-state index is 0.190. The van der Waals surface area contributed by atoms with E-state index in [2.05, 4.69) is 50.4 Å². The van der Waals surface area contributed by atoms with Gasteiger partial charge in [-0.3, -0.25) is 0 Å². The summed E-state index contributed by atoms with van der Waals surface area (Å²) in [5.74, 6) is 0.756. The second-order valence-corrected chi connectivity index (χ2v) is 6.46. The average Bonchev–Trinajstić information content (AvgIpc) is 3.07. The maximum absolute atomic E-state index is 8.98. The Balaban J connectivity index is 1.53. The van der Waals surface area contributed by atoms with Crippen LogP contribution in [0.4, 0.5) is 0 Å². The number of aromatic nitrogens is 3. The lowest BCUT2D eigenvalue weighted by Crippen LogP contribution is -2.48. The number of aliphatic hydroxyl groups is 1. The highest BCUT2D eigenvalue weighted by atomic mass is 16.2. The van der Waals surface area contributed by atoms with E-state index in [4.69, 9.17) is 5.11 Å². The molecule has 0 saturated carbocycles. The molecule has 5 rings (SSSR count). The molecule has 116 valence electrons. The van der Waals surface area contributed by atoms with Gasteiger partial charge in [0.15, 0.2) is 0 Å². The van der Waals surface area contributed by atoms with Crippen molar-refractivity contribution in [3.05, 3.63) is 36.0 Å². The van der Waals surface area contributed by atoms with Crippen molar-refractivity contribution in [3.63, 3.8) is 0 Å². The van der Waals surface area contributed by atoms with E-state index < -0.39 is 0 Å². The molecule has 1 atom stereocenters. The van der Waals surface area contributed by atoms with Crippen LogP contribution in [0, 0.1) is 5.92 Å². The highest BCUT2D eigenvalue weighted by molar-refractivity contribution is 5.58. The molecule has 2 aromatic rings. The van der Waals surface area contributed by atoms with Crippen LogP contribution in [0.5, 0.6) is 0 Å². The molecule has 3 aliphatic heterocycles. The van der Waals surface area contributed by atoms with Gasteiger partial charge in [-0.25, -0.2) is 4.68 Å². The topological polar surface area (TPSA) is 54.2 Å². The van der Waals surface area contributed by atoms with Crippen molar-refractivity contribution >= 4 is 0 Å². The standard InChI is InChI=1S/C17H22N4O/c22-10-7-13-1-3-14(4-2-13)16-11-21(19-18-16)17-12-20-8-5-15(17)6-9-20/h1-4,11,15,17,22H,5-10,12H2/t17-/m0/s1. The predicted molar refractivity (Wildman–Crippen MR) is 84.4 cm³/mol. The molecule has 3 fully saturated rings. The lowest BCUT2D eigenvalue weighted by Gasteiger charge is -2.44. The number of nitrogens with zero attached hydrogens (tertiary/aromatic N) is 4. The van der Waals surface area contributed by atoms with Crippen molar-refractivity contribution in [2.24, 2.45) is 5.92 Å². The third kappa shape index (κ3) is 2.55. The molecule has 5 heteroatoms. The molecular formula is C17H22N4O. The molecular weight excluding hydrogens is 276 g/mol. The fraction of sp³-hybridized carbons (Fsp3) is 0.529. The quantitative estimate of drug-likeness (QED) is 0.934. The molecule has 0 aliphatic carbocycles. The van der Waals surface area contributed by atoms with E-state index in [0.29, 0.717) is 12.5 Å². The Labute approximate surface area is 130 Å². The van der Waals surface area contributed by atoms with Crippen molar-refractivity contribution in [3.8, 4) is 11.3 Å². The lowest BCUT2D eigenvalue weighted by atomic mass is 9.84. The number of hydrogen-bond donors (Lipinski definition) is 1. The van der Waals surface area contributed by atoms with Crippen LogP contribution in [0.25, 0.3) is 11.3 Å². The maximum Gasteiger partial charge on any atom is 0.113 e. The fourth-order valence-corrected chi connectivity index (χ4v) is 3.78. The van der Waals surface area contributed by atoms with E-state index in [-0.39, 0.29) is 6.61 Å². The molecule has 1 N–H and O–H groups in total. The molecule has 0 unspecified atom stereocenters. The number of aliphatic hydroxyl groups excluding tert-OH is 1. The van der Waals surface area contributed by atoms with Crippen molar-refractivity contribution in [2.45, 2.75) is 25.3 Å². The first-order valence-corrected chi connectivity index (χ1v) is 8.18. The first-order valence-electron chi connectivity index (χ1n) is 8.18. The van der Waals surface area contributed by atoms with Gasteiger partial charge in [-0.2, -0.15) is 0 Å². The summed E-state index contributed by atoms with van der Waals surface area (Å²) in [7, 11) is 0. The Kier molecular flexibility index (Phi) is 3.68. The number of fused-ring (bicyclic) bond motifs is 3. The van der Waals surface area contributed by atoms with Gasteiger partial charge < -0.3 is 10.0 Å². The Morgan fingerprint density at radius 2 is 1.91 bits per heavy atom. The molecule has 3 aliphatic rings. The minimum Gasteiger partial charge on any atom is -0.396 e. The van der Waals surface area contributed by atoms with Crippen LogP contribution in [-0.2, 0) is 6.42 Å². The summed E-state index contributed by atoms with van der Waals surface area (Å²) in [5, 5.41) is 17.7. The summed E-state index contributed by atoms with van der Waals surface area (Å²) in [6, 6.07) is 8.72. The summed E-state index contributed by atoms with van der Waals surface area (Å²) in [5.41, 5.74) is 3.18. The molecule has 4 heterocycles. The van der Waals surface area contributed by atoms with Gasteiger partial charge in [0.05, 0.1) is 12.2 Å². The normalized spacial score (nSPS) is 27.2. The molecule has 2 bridgehead atoms. The SMILES string of the molecule is OCCc1ccc(-c2cn([C@H]3CN4CCC3CC4)nn2)cc1. The lowest BCUT2D eigenvalue weighted by molar-refractivity contribution is 0.0504. The number of hydrogen-bond acceptors (Lipinski definition) is 4. The highest BCUT2D eigenvalue weighted by Gasteiger charge is 2.35. The van der Waals surface area contributed by atoms with Crippen molar-refractivity contribution in [1.82, 2.24) is 19.9 Å². The van der Waals surface area contributed by atoms with Gasteiger partial charge >= 0.3 is 0 Å². The molecule has 3 saturated heterocycles. The van der Waals surface area contributed by atoms with E-state index in [1.807, 2.05) is 0 Å². The molecule has 0 amide bonds. The Morgan fingerprint density at radius 3 is 2.55 bits per heavy atom. The average molecular weight is 298 g/mol. The number of rotatable bonds is 4. The third-order valence-corrected chi connectivity index (χ3v) is 5.12. The summed E-state index contributed by atoms with van der Waals surface area (Å²) in [6.07, 6.45) is 5.37. The minimum atomic E-state index is 0.190. The Morgan fingerprint density at radius 1 is 1.14 bits per heavy atom. The van der Waals surface area contributed by atoms with E-state index in [1.165, 1.54) is 25.9 Å². The van der Waals surface area contributed by atoms with Crippen molar-refractivity contribution in [2.75, 3.05) is 26.2 Å². The van der Waals surface area contributed by atoms with Crippen LogP contribution in [0.1, 0.15) is 24.4 Å². The van der Waals surface area contributed by atoms with Gasteiger partial charge in [-0.1, -0.05) is 29.5 Å². The second-order valence-electron chi connectivity index (χ2n) is 6.46. The first kappa shape index (κ1) is 13.9. The maximum atomic E-state index is 8.98. The molecule has 1 aromatic carbocycles. The van der Waals surface area contributed by atoms with Crippen LogP contribution >= 0.6 is 0 Å². The highest BCUT2D eigenvalue weighted by Crippen LogP contribution is 2.35. The van der Waals surface area contributed by atoms with E-state index in [9.17, 15) is 0 Å². The second kappa shape index (κ2) is 5.82. The van der Waals surface area contributed by atoms with Crippen molar-refractivity contribution < 1.29 is 5.11 Å². The third-order valence-electron chi connectivity index (χ3n) is 5.12. The Hall–Kier alpha value is -1.72. The van der Waals surface area contributed by atoms with Crippen LogP contribution in [0.2, 0.25) is 0 Å². The molecule has 5 nitrogen and oxygen atoms in total. The monoisotopic (exact) mass is 298 g/mol. The van der Waals surface area contributed by atoms with Crippen LogP contribution in [0.15, 0.2) is 30.5 Å². The van der Waals surface area contributed by atoms with E-state index >= 15 is 0 Å². The van der Waals surface area contributed by atoms with Crippen molar-refractivity contribution in [1.29, 1.82) is 0 Å². The van der Waals surface area contributed by atoms with Gasteiger partial charge in [-0.05, 0) is 43.8 Å². The molecule has 0 spiro atoms. The zero-order valence-corrected chi connectivity index (χ0v) is 12.7. The van der Waals surface area contributed by atoms with Gasteiger partial charge in [-0.15, -0.1) is 5.10 Å². The Bertz CT molecular complexity index is 628. The number of piperidine rings is 3. The van der Waals surface area contributed by atoms with E-state index in [1.54, 1.807) is 0 Å². The number of benzene rings is 1. The molecule has 1 aromatic heterocycles.